The molecule has 0 aromatic rings. The molecule has 0 saturated carbocycles. The molecule has 0 aliphatic rings. The Kier molecular flexibility index (Phi) is 6.79. The third kappa shape index (κ3) is 5.34. The molecular weight excluding hydrogens is 159 g/mol. The Morgan fingerprint density at radius 3 is 2.55 bits per heavy atom. The van der Waals surface area contributed by atoms with Crippen LogP contribution in [0.2, 0.25) is 0 Å². The lowest BCUT2D eigenvalue weighted by molar-refractivity contribution is 0.114. The molecule has 0 saturated heterocycles. The van der Waals surface area contributed by atoms with Gasteiger partial charge in [0.25, 0.3) is 0 Å². The first-order valence-corrected chi connectivity index (χ1v) is 4.84. The zero-order chi connectivity index (χ0) is 8.69. The van der Waals surface area contributed by atoms with Crippen LogP contribution in [0.5, 0.6) is 0 Å². The van der Waals surface area contributed by atoms with Crippen LogP contribution in [0, 0.1) is 5.92 Å². The van der Waals surface area contributed by atoms with E-state index in [0.29, 0.717) is 6.61 Å². The SMILES string of the molecule is CCCCOC(P=O)[C](C)C. The quantitative estimate of drug-likeness (QED) is 0.458. The summed E-state index contributed by atoms with van der Waals surface area (Å²) in [6.07, 6.45) is 2.16. The molecule has 3 heteroatoms. The van der Waals surface area contributed by atoms with E-state index in [0.717, 1.165) is 18.8 Å². The van der Waals surface area contributed by atoms with E-state index in [9.17, 15) is 4.57 Å². The molecule has 11 heavy (non-hydrogen) atoms. The first-order valence-electron chi connectivity index (χ1n) is 3.96. The van der Waals surface area contributed by atoms with Gasteiger partial charge in [-0.2, -0.15) is 0 Å². The van der Waals surface area contributed by atoms with Crippen molar-refractivity contribution in [3.63, 3.8) is 0 Å². The van der Waals surface area contributed by atoms with E-state index in [4.69, 9.17) is 4.74 Å². The fourth-order valence-corrected chi connectivity index (χ4v) is 1.02. The van der Waals surface area contributed by atoms with Crippen molar-refractivity contribution in [3.8, 4) is 0 Å². The lowest BCUT2D eigenvalue weighted by atomic mass is 10.2. The Morgan fingerprint density at radius 2 is 2.18 bits per heavy atom. The van der Waals surface area contributed by atoms with E-state index in [1.165, 1.54) is 0 Å². The second-order valence-corrected chi connectivity index (χ2v) is 3.44. The van der Waals surface area contributed by atoms with Gasteiger partial charge in [0.2, 0.25) is 0 Å². The van der Waals surface area contributed by atoms with E-state index in [2.05, 4.69) is 6.92 Å². The lowest BCUT2D eigenvalue weighted by Crippen LogP contribution is -2.11. The van der Waals surface area contributed by atoms with Crippen LogP contribution < -0.4 is 0 Å². The highest BCUT2D eigenvalue weighted by Gasteiger charge is 2.13. The van der Waals surface area contributed by atoms with Crippen LogP contribution in [0.25, 0.3) is 0 Å². The van der Waals surface area contributed by atoms with Gasteiger partial charge in [-0.25, -0.2) is 0 Å². The van der Waals surface area contributed by atoms with E-state index in [1.54, 1.807) is 0 Å². The molecule has 0 rings (SSSR count). The molecule has 65 valence electrons. The van der Waals surface area contributed by atoms with Crippen molar-refractivity contribution < 1.29 is 9.30 Å². The largest absolute Gasteiger partial charge is 0.365 e. The first kappa shape index (κ1) is 11.1. The number of hydrogen-bond acceptors (Lipinski definition) is 2. The molecular formula is C8H16O2P. The summed E-state index contributed by atoms with van der Waals surface area (Å²) < 4.78 is 15.8. The summed E-state index contributed by atoms with van der Waals surface area (Å²) in [6.45, 7) is 6.68. The molecule has 0 spiro atoms. The van der Waals surface area contributed by atoms with E-state index < -0.39 is 0 Å². The van der Waals surface area contributed by atoms with Gasteiger partial charge in [0.15, 0.2) is 8.46 Å². The maximum atomic E-state index is 10.5. The average molecular weight is 175 g/mol. The molecule has 0 bridgehead atoms. The van der Waals surface area contributed by atoms with Gasteiger partial charge in [0, 0.05) is 12.5 Å². The summed E-state index contributed by atoms with van der Waals surface area (Å²) in [5, 5.41) is 0. The Hall–Kier alpha value is 0.0600. The fraction of sp³-hybridized carbons (Fsp3) is 0.875. The van der Waals surface area contributed by atoms with Crippen molar-refractivity contribution in [2.75, 3.05) is 6.61 Å². The summed E-state index contributed by atoms with van der Waals surface area (Å²) in [5.74, 6) is 0.874. The normalized spacial score (nSPS) is 14.2. The molecule has 0 aromatic carbocycles. The van der Waals surface area contributed by atoms with Crippen LogP contribution >= 0.6 is 8.46 Å². The average Bonchev–Trinajstić information content (AvgIpc) is 1.97. The molecule has 0 aromatic heterocycles. The van der Waals surface area contributed by atoms with Gasteiger partial charge in [-0.1, -0.05) is 27.2 Å². The highest BCUT2D eigenvalue weighted by molar-refractivity contribution is 7.24. The van der Waals surface area contributed by atoms with Crippen LogP contribution in [0.4, 0.5) is 0 Å². The van der Waals surface area contributed by atoms with Gasteiger partial charge < -0.3 is 4.74 Å². The molecule has 1 radical (unpaired) electrons. The topological polar surface area (TPSA) is 26.3 Å². The molecule has 0 aliphatic heterocycles. The van der Waals surface area contributed by atoms with Gasteiger partial charge in [-0.05, 0) is 6.42 Å². The maximum Gasteiger partial charge on any atom is 0.188 e. The molecule has 1 atom stereocenters. The van der Waals surface area contributed by atoms with E-state index >= 15 is 0 Å². The zero-order valence-corrected chi connectivity index (χ0v) is 8.36. The fourth-order valence-electron chi connectivity index (χ4n) is 0.642. The van der Waals surface area contributed by atoms with Crippen LogP contribution in [0.3, 0.4) is 0 Å². The highest BCUT2D eigenvalue weighted by Crippen LogP contribution is 2.19. The van der Waals surface area contributed by atoms with Gasteiger partial charge >= 0.3 is 0 Å². The van der Waals surface area contributed by atoms with Crippen molar-refractivity contribution in [2.24, 2.45) is 0 Å². The molecule has 0 aliphatic carbocycles. The van der Waals surface area contributed by atoms with Crippen LogP contribution in [0.1, 0.15) is 33.6 Å². The van der Waals surface area contributed by atoms with Crippen molar-refractivity contribution in [3.05, 3.63) is 5.92 Å². The van der Waals surface area contributed by atoms with E-state index in [-0.39, 0.29) is 14.3 Å². The molecule has 0 N–H and O–H groups in total. The molecule has 0 amide bonds. The molecule has 2 nitrogen and oxygen atoms in total. The molecule has 1 unspecified atom stereocenters. The summed E-state index contributed by atoms with van der Waals surface area (Å²) in [7, 11) is 0.0752. The van der Waals surface area contributed by atoms with Crippen LogP contribution in [0.15, 0.2) is 0 Å². The Bertz CT molecular complexity index is 104. The first-order chi connectivity index (χ1) is 5.22. The second-order valence-electron chi connectivity index (χ2n) is 2.76. The zero-order valence-electron chi connectivity index (χ0n) is 7.46. The van der Waals surface area contributed by atoms with Crippen molar-refractivity contribution in [1.29, 1.82) is 0 Å². The second kappa shape index (κ2) is 6.75. The smallest absolute Gasteiger partial charge is 0.188 e. The summed E-state index contributed by atoms with van der Waals surface area (Å²) in [4.78, 5) is 0. The minimum atomic E-state index is -0.193. The summed E-state index contributed by atoms with van der Waals surface area (Å²) in [5.41, 5.74) is 0. The number of ether oxygens (including phenoxy) is 1. The van der Waals surface area contributed by atoms with Gasteiger partial charge in [0.05, 0.1) is 0 Å². The maximum absolute atomic E-state index is 10.5. The number of unbranched alkanes of at least 4 members (excludes halogenated alkanes) is 1. The molecule has 0 heterocycles. The molecule has 0 fully saturated rings. The van der Waals surface area contributed by atoms with Crippen LogP contribution in [-0.2, 0) is 9.30 Å². The monoisotopic (exact) mass is 175 g/mol. The third-order valence-corrected chi connectivity index (χ3v) is 2.22. The number of hydrogen-bond donors (Lipinski definition) is 0. The van der Waals surface area contributed by atoms with E-state index in [1.807, 2.05) is 13.8 Å². The Balaban J connectivity index is 3.44. The Labute approximate surface area is 70.5 Å². The van der Waals surface area contributed by atoms with Gasteiger partial charge in [0.1, 0.15) is 5.85 Å². The predicted octanol–water partition coefficient (Wildman–Crippen LogP) is 3.04. The van der Waals surface area contributed by atoms with Crippen molar-refractivity contribution >= 4 is 8.46 Å². The predicted molar refractivity (Wildman–Crippen MR) is 46.8 cm³/mol. The lowest BCUT2D eigenvalue weighted by Gasteiger charge is -2.12. The van der Waals surface area contributed by atoms with Crippen LogP contribution in [-0.4, -0.2) is 12.5 Å². The van der Waals surface area contributed by atoms with Crippen molar-refractivity contribution in [1.82, 2.24) is 0 Å². The standard InChI is InChI=1S/C8H16O2P/c1-4-5-6-10-8(11-9)7(2)3/h8H,4-6H2,1-3H3. The summed E-state index contributed by atoms with van der Waals surface area (Å²) >= 11 is 0. The third-order valence-electron chi connectivity index (χ3n) is 1.36. The minimum Gasteiger partial charge on any atom is -0.365 e. The number of rotatable bonds is 6. The highest BCUT2D eigenvalue weighted by atomic mass is 31.1. The summed E-state index contributed by atoms with van der Waals surface area (Å²) in [6, 6.07) is 0. The van der Waals surface area contributed by atoms with Gasteiger partial charge in [-0.3, -0.25) is 4.57 Å². The Morgan fingerprint density at radius 1 is 1.55 bits per heavy atom. The minimum absolute atomic E-state index is 0.0752. The van der Waals surface area contributed by atoms with Gasteiger partial charge in [-0.15, -0.1) is 0 Å². The van der Waals surface area contributed by atoms with Crippen molar-refractivity contribution in [2.45, 2.75) is 39.5 Å².